The minimum Gasteiger partial charge on any atom is -0.272 e. The standard InChI is InChI=1S/C14H21N3OS/c1-12-3-9-4-13(2,6-12)8-14(5-9,7-12)17-10(18)15-16-11(17)19/h9H,3-8H2,1-2H3,(H,15,18)(H,16,19). The highest BCUT2D eigenvalue weighted by Gasteiger charge is 2.61. The number of hydrogen-bond donors (Lipinski definition) is 2. The number of aromatic amines is 2. The molecule has 4 nitrogen and oxygen atoms in total. The fourth-order valence-corrected chi connectivity index (χ4v) is 6.71. The summed E-state index contributed by atoms with van der Waals surface area (Å²) >= 11 is 5.36. The molecule has 0 spiro atoms. The minimum atomic E-state index is -0.0563. The van der Waals surface area contributed by atoms with E-state index >= 15 is 0 Å². The maximum Gasteiger partial charge on any atom is 0.342 e. The Hall–Kier alpha value is -0.840. The largest absolute Gasteiger partial charge is 0.342 e. The van der Waals surface area contributed by atoms with Gasteiger partial charge in [0.1, 0.15) is 0 Å². The number of hydrogen-bond acceptors (Lipinski definition) is 2. The summed E-state index contributed by atoms with van der Waals surface area (Å²) in [7, 11) is 0. The molecule has 1 aromatic heterocycles. The zero-order valence-corrected chi connectivity index (χ0v) is 12.4. The monoisotopic (exact) mass is 279 g/mol. The predicted molar refractivity (Wildman–Crippen MR) is 75.6 cm³/mol. The first-order valence-electron chi connectivity index (χ1n) is 7.24. The molecule has 0 aromatic carbocycles. The number of rotatable bonds is 1. The van der Waals surface area contributed by atoms with Crippen LogP contribution in [0.3, 0.4) is 0 Å². The average Bonchev–Trinajstić information content (AvgIpc) is 2.53. The molecule has 2 N–H and O–H groups in total. The number of H-pyrrole nitrogens is 2. The quantitative estimate of drug-likeness (QED) is 0.777. The van der Waals surface area contributed by atoms with Gasteiger partial charge in [0.25, 0.3) is 0 Å². The second kappa shape index (κ2) is 3.25. The van der Waals surface area contributed by atoms with Crippen LogP contribution in [0.5, 0.6) is 0 Å². The van der Waals surface area contributed by atoms with Gasteiger partial charge in [-0.1, -0.05) is 13.8 Å². The van der Waals surface area contributed by atoms with Gasteiger partial charge in [-0.3, -0.25) is 9.67 Å². The van der Waals surface area contributed by atoms with Gasteiger partial charge in [-0.25, -0.2) is 9.89 Å². The lowest BCUT2D eigenvalue weighted by atomic mass is 9.42. The molecule has 2 unspecified atom stereocenters. The Morgan fingerprint density at radius 2 is 1.74 bits per heavy atom. The van der Waals surface area contributed by atoms with Gasteiger partial charge in [-0.2, -0.15) is 0 Å². The van der Waals surface area contributed by atoms with Gasteiger partial charge in [-0.15, -0.1) is 0 Å². The number of aromatic nitrogens is 3. The zero-order chi connectivity index (χ0) is 13.5. The van der Waals surface area contributed by atoms with E-state index in [2.05, 4.69) is 24.0 Å². The molecule has 0 radical (unpaired) electrons. The summed E-state index contributed by atoms with van der Waals surface area (Å²) in [6, 6.07) is 0. The third-order valence-corrected chi connectivity index (χ3v) is 6.04. The topological polar surface area (TPSA) is 53.6 Å². The molecule has 1 aromatic rings. The van der Waals surface area contributed by atoms with Crippen molar-refractivity contribution in [3.05, 3.63) is 15.3 Å². The molecule has 4 saturated carbocycles. The zero-order valence-electron chi connectivity index (χ0n) is 11.6. The van der Waals surface area contributed by atoms with E-state index in [4.69, 9.17) is 12.2 Å². The van der Waals surface area contributed by atoms with Gasteiger partial charge < -0.3 is 0 Å². The lowest BCUT2D eigenvalue weighted by molar-refractivity contribution is -0.137. The number of nitrogens with one attached hydrogen (secondary N) is 2. The molecule has 4 aliphatic rings. The van der Waals surface area contributed by atoms with Crippen LogP contribution in [0, 0.1) is 21.5 Å². The second-order valence-electron chi connectivity index (χ2n) is 8.05. The van der Waals surface area contributed by atoms with Crippen LogP contribution in [-0.2, 0) is 5.54 Å². The van der Waals surface area contributed by atoms with E-state index in [1.54, 1.807) is 0 Å². The lowest BCUT2D eigenvalue weighted by Gasteiger charge is -2.65. The van der Waals surface area contributed by atoms with Crippen LogP contribution in [-0.4, -0.2) is 14.8 Å². The summed E-state index contributed by atoms with van der Waals surface area (Å²) in [6.45, 7) is 4.82. The van der Waals surface area contributed by atoms with Crippen molar-refractivity contribution >= 4 is 12.2 Å². The molecule has 1 heterocycles. The first-order chi connectivity index (χ1) is 8.83. The Labute approximate surface area is 117 Å². The van der Waals surface area contributed by atoms with E-state index in [9.17, 15) is 4.79 Å². The second-order valence-corrected chi connectivity index (χ2v) is 8.44. The van der Waals surface area contributed by atoms with Gasteiger partial charge in [0.2, 0.25) is 0 Å². The average molecular weight is 279 g/mol. The summed E-state index contributed by atoms with van der Waals surface area (Å²) in [5.74, 6) is 0.766. The third kappa shape index (κ3) is 1.51. The molecule has 0 aliphatic heterocycles. The summed E-state index contributed by atoms with van der Waals surface area (Å²) in [6.07, 6.45) is 7.34. The van der Waals surface area contributed by atoms with Crippen LogP contribution in [0.2, 0.25) is 0 Å². The van der Waals surface area contributed by atoms with E-state index < -0.39 is 0 Å². The number of nitrogens with zero attached hydrogens (tertiary/aromatic N) is 1. The molecule has 0 saturated heterocycles. The van der Waals surface area contributed by atoms with Crippen LogP contribution in [0.1, 0.15) is 52.4 Å². The lowest BCUT2D eigenvalue weighted by Crippen LogP contribution is -2.60. The highest BCUT2D eigenvalue weighted by Crippen LogP contribution is 2.68. The van der Waals surface area contributed by atoms with E-state index in [1.165, 1.54) is 19.3 Å². The Morgan fingerprint density at radius 1 is 1.11 bits per heavy atom. The predicted octanol–water partition coefficient (Wildman–Crippen LogP) is 2.94. The molecule has 0 amide bonds. The van der Waals surface area contributed by atoms with Gasteiger partial charge in [0.05, 0.1) is 5.54 Å². The SMILES string of the molecule is CC12CC3CC(C)(C1)CC(n1c(=O)[nH][nH]c1=S)(C3)C2. The summed E-state index contributed by atoms with van der Waals surface area (Å²) in [4.78, 5) is 12.2. The van der Waals surface area contributed by atoms with Crippen molar-refractivity contribution in [1.29, 1.82) is 0 Å². The van der Waals surface area contributed by atoms with Crippen LogP contribution >= 0.6 is 12.2 Å². The molecule has 4 fully saturated rings. The van der Waals surface area contributed by atoms with Gasteiger partial charge in [-0.05, 0) is 67.5 Å². The molecular formula is C14H21N3OS. The summed E-state index contributed by atoms with van der Waals surface area (Å²) in [5.41, 5.74) is 0.700. The highest BCUT2D eigenvalue weighted by atomic mass is 32.1. The molecule has 5 heteroatoms. The van der Waals surface area contributed by atoms with E-state index in [0.29, 0.717) is 15.6 Å². The molecular weight excluding hydrogens is 258 g/mol. The van der Waals surface area contributed by atoms with Crippen LogP contribution in [0.25, 0.3) is 0 Å². The Kier molecular flexibility index (Phi) is 2.04. The smallest absolute Gasteiger partial charge is 0.272 e. The minimum absolute atomic E-state index is 0.0341. The van der Waals surface area contributed by atoms with Crippen LogP contribution in [0.15, 0.2) is 4.79 Å². The van der Waals surface area contributed by atoms with E-state index in [0.717, 1.165) is 25.2 Å². The van der Waals surface area contributed by atoms with Crippen LogP contribution in [0.4, 0.5) is 0 Å². The van der Waals surface area contributed by atoms with Crippen molar-refractivity contribution in [2.24, 2.45) is 16.7 Å². The van der Waals surface area contributed by atoms with Gasteiger partial charge >= 0.3 is 5.69 Å². The molecule has 19 heavy (non-hydrogen) atoms. The maximum absolute atomic E-state index is 12.2. The van der Waals surface area contributed by atoms with Crippen molar-refractivity contribution in [2.75, 3.05) is 0 Å². The Balaban J connectivity index is 1.92. The van der Waals surface area contributed by atoms with E-state index in [1.807, 2.05) is 4.57 Å². The Morgan fingerprint density at radius 3 is 2.21 bits per heavy atom. The highest BCUT2D eigenvalue weighted by molar-refractivity contribution is 7.71. The summed E-state index contributed by atoms with van der Waals surface area (Å²) in [5, 5.41) is 5.49. The van der Waals surface area contributed by atoms with Gasteiger partial charge in [0, 0.05) is 0 Å². The van der Waals surface area contributed by atoms with Crippen molar-refractivity contribution in [1.82, 2.24) is 14.8 Å². The van der Waals surface area contributed by atoms with Crippen molar-refractivity contribution in [2.45, 2.75) is 57.9 Å². The van der Waals surface area contributed by atoms with Crippen molar-refractivity contribution in [3.63, 3.8) is 0 Å². The molecule has 2 atom stereocenters. The first-order valence-corrected chi connectivity index (χ1v) is 7.64. The van der Waals surface area contributed by atoms with Crippen LogP contribution < -0.4 is 5.69 Å². The van der Waals surface area contributed by atoms with Crippen molar-refractivity contribution in [3.8, 4) is 0 Å². The summed E-state index contributed by atoms with van der Waals surface area (Å²) < 4.78 is 2.43. The van der Waals surface area contributed by atoms with Gasteiger partial charge in [0.15, 0.2) is 4.77 Å². The first kappa shape index (κ1) is 11.9. The molecule has 4 aliphatic carbocycles. The molecule has 4 bridgehead atoms. The van der Waals surface area contributed by atoms with Crippen molar-refractivity contribution < 1.29 is 0 Å². The third-order valence-electron chi connectivity index (χ3n) is 5.75. The van der Waals surface area contributed by atoms with E-state index in [-0.39, 0.29) is 11.2 Å². The molecule has 5 rings (SSSR count). The molecule has 104 valence electrons. The fraction of sp³-hybridized carbons (Fsp3) is 0.857. The Bertz CT molecular complexity index is 609. The maximum atomic E-state index is 12.2. The fourth-order valence-electron chi connectivity index (χ4n) is 6.38. The normalized spacial score (nSPS) is 47.8.